The molecule has 4 nitrogen and oxygen atoms in total. The van der Waals surface area contributed by atoms with E-state index in [0.29, 0.717) is 11.1 Å². The monoisotopic (exact) mass is 305 g/mol. The Kier molecular flexibility index (Phi) is 4.06. The van der Waals surface area contributed by atoms with Gasteiger partial charge in [-0.25, -0.2) is 4.98 Å². The van der Waals surface area contributed by atoms with Gasteiger partial charge in [0.25, 0.3) is 0 Å². The highest BCUT2D eigenvalue weighted by molar-refractivity contribution is 6.30. The molecule has 0 radical (unpaired) electrons. The van der Waals surface area contributed by atoms with Gasteiger partial charge >= 0.3 is 0 Å². The highest BCUT2D eigenvalue weighted by Gasteiger charge is 2.20. The minimum Gasteiger partial charge on any atom is -0.495 e. The van der Waals surface area contributed by atoms with Crippen LogP contribution in [-0.2, 0) is 0 Å². The summed E-state index contributed by atoms with van der Waals surface area (Å²) in [6.45, 7) is 2.02. The predicted molar refractivity (Wildman–Crippen MR) is 85.8 cm³/mol. The van der Waals surface area contributed by atoms with Crippen molar-refractivity contribution in [3.8, 4) is 5.75 Å². The fourth-order valence-electron chi connectivity index (χ4n) is 2.97. The summed E-state index contributed by atoms with van der Waals surface area (Å²) in [4.78, 5) is 4.61. The Labute approximate surface area is 130 Å². The van der Waals surface area contributed by atoms with Crippen LogP contribution < -0.4 is 10.1 Å². The minimum atomic E-state index is 0.541. The highest BCUT2D eigenvalue weighted by Crippen LogP contribution is 2.35. The van der Waals surface area contributed by atoms with Crippen molar-refractivity contribution >= 4 is 23.2 Å². The van der Waals surface area contributed by atoms with Crippen LogP contribution in [0.1, 0.15) is 37.4 Å². The largest absolute Gasteiger partial charge is 0.495 e. The first kappa shape index (κ1) is 14.3. The third-order valence-electron chi connectivity index (χ3n) is 3.98. The van der Waals surface area contributed by atoms with Gasteiger partial charge in [-0.15, -0.1) is 0 Å². The maximum Gasteiger partial charge on any atom is 0.207 e. The van der Waals surface area contributed by atoms with E-state index in [9.17, 15) is 0 Å². The number of nitrogens with zero attached hydrogens (tertiary/aromatic N) is 2. The first-order valence-electron chi connectivity index (χ1n) is 7.33. The van der Waals surface area contributed by atoms with Crippen molar-refractivity contribution in [2.75, 3.05) is 12.4 Å². The third kappa shape index (κ3) is 3.00. The van der Waals surface area contributed by atoms with Crippen molar-refractivity contribution < 1.29 is 4.74 Å². The minimum absolute atomic E-state index is 0.541. The molecule has 0 atom stereocenters. The van der Waals surface area contributed by atoms with Crippen molar-refractivity contribution in [3.63, 3.8) is 0 Å². The van der Waals surface area contributed by atoms with Crippen LogP contribution in [0.4, 0.5) is 11.6 Å². The number of hydrogen-bond donors (Lipinski definition) is 1. The Balaban J connectivity index is 1.93. The molecule has 1 aromatic carbocycles. The lowest BCUT2D eigenvalue weighted by atomic mass is 10.2. The van der Waals surface area contributed by atoms with Crippen LogP contribution in [-0.4, -0.2) is 16.7 Å². The molecule has 1 aliphatic carbocycles. The Morgan fingerprint density at radius 2 is 2.10 bits per heavy atom. The number of nitrogens with one attached hydrogen (secondary N) is 1. The van der Waals surface area contributed by atoms with Gasteiger partial charge in [-0.05, 0) is 38.0 Å². The number of benzene rings is 1. The van der Waals surface area contributed by atoms with E-state index < -0.39 is 0 Å². The van der Waals surface area contributed by atoms with Gasteiger partial charge in [-0.3, -0.25) is 0 Å². The van der Waals surface area contributed by atoms with E-state index in [2.05, 4.69) is 21.1 Å². The zero-order valence-electron chi connectivity index (χ0n) is 12.4. The van der Waals surface area contributed by atoms with Gasteiger partial charge < -0.3 is 14.6 Å². The highest BCUT2D eigenvalue weighted by atomic mass is 35.5. The predicted octanol–water partition coefficient (Wildman–Crippen LogP) is 4.71. The number of imidazole rings is 1. The number of rotatable bonds is 4. The first-order chi connectivity index (χ1) is 10.2. The fourth-order valence-corrected chi connectivity index (χ4v) is 3.14. The zero-order chi connectivity index (χ0) is 14.8. The molecule has 1 heterocycles. The Morgan fingerprint density at radius 1 is 1.33 bits per heavy atom. The molecule has 0 aliphatic heterocycles. The lowest BCUT2D eigenvalue weighted by molar-refractivity contribution is 0.416. The molecule has 21 heavy (non-hydrogen) atoms. The number of aryl methyl sites for hydroxylation is 1. The summed E-state index contributed by atoms with van der Waals surface area (Å²) in [6.07, 6.45) is 7.15. The summed E-state index contributed by atoms with van der Waals surface area (Å²) in [5, 5.41) is 4.05. The molecular weight excluding hydrogens is 286 g/mol. The molecule has 0 amide bonds. The average molecular weight is 306 g/mol. The first-order valence-corrected chi connectivity index (χ1v) is 7.71. The van der Waals surface area contributed by atoms with E-state index in [1.54, 1.807) is 7.11 Å². The summed E-state index contributed by atoms with van der Waals surface area (Å²) >= 11 is 6.09. The summed E-state index contributed by atoms with van der Waals surface area (Å²) in [6, 6.07) is 6.09. The molecule has 5 heteroatoms. The molecular formula is C16H20ClN3O. The van der Waals surface area contributed by atoms with Gasteiger partial charge in [-0.1, -0.05) is 24.4 Å². The summed E-state index contributed by atoms with van der Waals surface area (Å²) in [5.74, 6) is 1.62. The number of methoxy groups -OCH3 is 1. The van der Waals surface area contributed by atoms with Gasteiger partial charge in [0.05, 0.1) is 18.5 Å². The van der Waals surface area contributed by atoms with Crippen LogP contribution in [0.5, 0.6) is 5.75 Å². The number of aromatic nitrogens is 2. The van der Waals surface area contributed by atoms with E-state index in [4.69, 9.17) is 16.3 Å². The molecule has 3 rings (SSSR count). The number of hydrogen-bond acceptors (Lipinski definition) is 3. The summed E-state index contributed by atoms with van der Waals surface area (Å²) in [7, 11) is 1.66. The average Bonchev–Trinajstić information content (AvgIpc) is 3.08. The maximum absolute atomic E-state index is 6.09. The molecule has 0 bridgehead atoms. The molecule has 112 valence electrons. The Hall–Kier alpha value is -1.68. The second kappa shape index (κ2) is 5.98. The molecule has 1 saturated carbocycles. The van der Waals surface area contributed by atoms with E-state index in [0.717, 1.165) is 23.1 Å². The molecule has 0 saturated heterocycles. The molecule has 0 unspecified atom stereocenters. The molecule has 1 N–H and O–H groups in total. The van der Waals surface area contributed by atoms with E-state index in [1.807, 2.05) is 25.1 Å². The van der Waals surface area contributed by atoms with Gasteiger partial charge in [-0.2, -0.15) is 0 Å². The Morgan fingerprint density at radius 3 is 2.81 bits per heavy atom. The SMILES string of the molecule is COc1ccc(Cl)cc1Nc1nc(C)cn1C1CCCC1. The standard InChI is InChI=1S/C16H20ClN3O/c1-11-10-20(13-5-3-4-6-13)16(18-11)19-14-9-12(17)7-8-15(14)21-2/h7-10,13H,3-6H2,1-2H3,(H,18,19). The number of anilines is 2. The normalized spacial score (nSPS) is 15.4. The maximum atomic E-state index is 6.09. The smallest absolute Gasteiger partial charge is 0.207 e. The van der Waals surface area contributed by atoms with Gasteiger partial charge in [0, 0.05) is 17.3 Å². The second-order valence-corrected chi connectivity index (χ2v) is 5.96. The lowest BCUT2D eigenvalue weighted by Crippen LogP contribution is -2.08. The van der Waals surface area contributed by atoms with E-state index in [-0.39, 0.29) is 0 Å². The van der Waals surface area contributed by atoms with Crippen molar-refractivity contribution in [1.29, 1.82) is 0 Å². The van der Waals surface area contributed by atoms with Crippen molar-refractivity contribution in [3.05, 3.63) is 35.1 Å². The van der Waals surface area contributed by atoms with Crippen LogP contribution in [0.3, 0.4) is 0 Å². The second-order valence-electron chi connectivity index (χ2n) is 5.52. The summed E-state index contributed by atoms with van der Waals surface area (Å²) < 4.78 is 7.64. The lowest BCUT2D eigenvalue weighted by Gasteiger charge is -2.17. The topological polar surface area (TPSA) is 39.1 Å². The van der Waals surface area contributed by atoms with E-state index >= 15 is 0 Å². The van der Waals surface area contributed by atoms with Gasteiger partial charge in [0.1, 0.15) is 5.75 Å². The molecule has 0 spiro atoms. The molecule has 2 aromatic rings. The molecule has 1 aromatic heterocycles. The van der Waals surface area contributed by atoms with Crippen LogP contribution in [0.2, 0.25) is 5.02 Å². The molecule has 1 aliphatic rings. The Bertz CT molecular complexity index is 632. The van der Waals surface area contributed by atoms with Crippen LogP contribution >= 0.6 is 11.6 Å². The quantitative estimate of drug-likeness (QED) is 0.889. The van der Waals surface area contributed by atoms with Crippen molar-refractivity contribution in [2.24, 2.45) is 0 Å². The number of halogens is 1. The fraction of sp³-hybridized carbons (Fsp3) is 0.438. The van der Waals surface area contributed by atoms with Crippen molar-refractivity contribution in [2.45, 2.75) is 38.6 Å². The van der Waals surface area contributed by atoms with Crippen LogP contribution in [0.25, 0.3) is 0 Å². The van der Waals surface area contributed by atoms with Crippen molar-refractivity contribution in [1.82, 2.24) is 9.55 Å². The number of ether oxygens (including phenoxy) is 1. The van der Waals surface area contributed by atoms with Gasteiger partial charge in [0.15, 0.2) is 0 Å². The summed E-state index contributed by atoms with van der Waals surface area (Å²) in [5.41, 5.74) is 1.86. The van der Waals surface area contributed by atoms with E-state index in [1.165, 1.54) is 25.7 Å². The van der Waals surface area contributed by atoms with Crippen LogP contribution in [0, 0.1) is 6.92 Å². The van der Waals surface area contributed by atoms with Crippen LogP contribution in [0.15, 0.2) is 24.4 Å². The molecule has 1 fully saturated rings. The van der Waals surface area contributed by atoms with Gasteiger partial charge in [0.2, 0.25) is 5.95 Å². The zero-order valence-corrected chi connectivity index (χ0v) is 13.2. The third-order valence-corrected chi connectivity index (χ3v) is 4.21.